The first-order valence-corrected chi connectivity index (χ1v) is 7.00. The van der Waals surface area contributed by atoms with Gasteiger partial charge in [-0.2, -0.15) is 5.26 Å². The van der Waals surface area contributed by atoms with Crippen LogP contribution in [0.3, 0.4) is 0 Å². The van der Waals surface area contributed by atoms with E-state index in [1.54, 1.807) is 0 Å². The summed E-state index contributed by atoms with van der Waals surface area (Å²) in [6.07, 6.45) is 3.05. The Bertz CT molecular complexity index is 432. The molecule has 0 amide bonds. The number of nitrogens with zero attached hydrogens (tertiary/aromatic N) is 2. The number of anilines is 2. The summed E-state index contributed by atoms with van der Waals surface area (Å²) in [6.45, 7) is 8.17. The highest BCUT2D eigenvalue weighted by Gasteiger charge is 2.16. The van der Waals surface area contributed by atoms with Crippen LogP contribution in [0.2, 0.25) is 0 Å². The second-order valence-electron chi connectivity index (χ2n) is 5.68. The van der Waals surface area contributed by atoms with Crippen LogP contribution in [0.4, 0.5) is 11.4 Å². The van der Waals surface area contributed by atoms with Gasteiger partial charge in [-0.3, -0.25) is 0 Å². The van der Waals surface area contributed by atoms with Crippen LogP contribution >= 0.6 is 0 Å². The molecule has 0 aliphatic heterocycles. The van der Waals surface area contributed by atoms with E-state index in [4.69, 9.17) is 11.0 Å². The third-order valence-corrected chi connectivity index (χ3v) is 3.26. The predicted octanol–water partition coefficient (Wildman–Crippen LogP) is 3.82. The number of rotatable bonds is 7. The summed E-state index contributed by atoms with van der Waals surface area (Å²) in [4.78, 5) is 2.35. The molecule has 3 nitrogen and oxygen atoms in total. The molecule has 0 radical (unpaired) electrons. The van der Waals surface area contributed by atoms with Crippen molar-refractivity contribution in [2.75, 3.05) is 23.7 Å². The van der Waals surface area contributed by atoms with Gasteiger partial charge in [-0.1, -0.05) is 13.0 Å². The topological polar surface area (TPSA) is 53.0 Å². The van der Waals surface area contributed by atoms with Crippen LogP contribution in [0.5, 0.6) is 0 Å². The van der Waals surface area contributed by atoms with Gasteiger partial charge in [0.25, 0.3) is 0 Å². The van der Waals surface area contributed by atoms with Crippen molar-refractivity contribution in [2.24, 2.45) is 5.41 Å². The molecule has 1 aromatic rings. The molecule has 1 rings (SSSR count). The van der Waals surface area contributed by atoms with Crippen molar-refractivity contribution in [2.45, 2.75) is 40.0 Å². The lowest BCUT2D eigenvalue weighted by Gasteiger charge is -2.26. The molecular formula is C16H25N3. The van der Waals surface area contributed by atoms with Gasteiger partial charge in [0.2, 0.25) is 0 Å². The van der Waals surface area contributed by atoms with Gasteiger partial charge < -0.3 is 10.6 Å². The molecule has 19 heavy (non-hydrogen) atoms. The van der Waals surface area contributed by atoms with Crippen molar-refractivity contribution in [3.05, 3.63) is 24.3 Å². The maximum atomic E-state index is 9.04. The second kappa shape index (κ2) is 7.04. The molecule has 0 heterocycles. The fraction of sp³-hybridized carbons (Fsp3) is 0.562. The van der Waals surface area contributed by atoms with Gasteiger partial charge in [-0.15, -0.1) is 0 Å². The number of nitriles is 1. The van der Waals surface area contributed by atoms with E-state index < -0.39 is 0 Å². The van der Waals surface area contributed by atoms with E-state index in [1.165, 1.54) is 5.69 Å². The first-order chi connectivity index (χ1) is 8.98. The molecule has 2 N–H and O–H groups in total. The Morgan fingerprint density at radius 1 is 1.32 bits per heavy atom. The van der Waals surface area contributed by atoms with Gasteiger partial charge in [-0.05, 0) is 51.3 Å². The largest absolute Gasteiger partial charge is 0.399 e. The normalized spacial score (nSPS) is 11.1. The Morgan fingerprint density at radius 3 is 2.63 bits per heavy atom. The summed E-state index contributed by atoms with van der Waals surface area (Å²) in [5, 5.41) is 9.04. The van der Waals surface area contributed by atoms with E-state index >= 15 is 0 Å². The molecule has 0 fully saturated rings. The second-order valence-corrected chi connectivity index (χ2v) is 5.68. The molecule has 104 valence electrons. The van der Waals surface area contributed by atoms with Crippen molar-refractivity contribution in [3.63, 3.8) is 0 Å². The Kier molecular flexibility index (Phi) is 5.69. The molecule has 0 atom stereocenters. The van der Waals surface area contributed by atoms with Crippen LogP contribution in [0.25, 0.3) is 0 Å². The van der Waals surface area contributed by atoms with Crippen molar-refractivity contribution >= 4 is 11.4 Å². The van der Waals surface area contributed by atoms with E-state index in [0.29, 0.717) is 0 Å². The van der Waals surface area contributed by atoms with Crippen molar-refractivity contribution in [3.8, 4) is 6.07 Å². The Morgan fingerprint density at radius 2 is 2.05 bits per heavy atom. The molecule has 0 aliphatic rings. The van der Waals surface area contributed by atoms with Gasteiger partial charge in [0.05, 0.1) is 11.5 Å². The molecule has 1 aromatic carbocycles. The first-order valence-electron chi connectivity index (χ1n) is 7.00. The molecule has 0 spiro atoms. The van der Waals surface area contributed by atoms with Gasteiger partial charge in [-0.25, -0.2) is 0 Å². The molecule has 0 bridgehead atoms. The zero-order valence-electron chi connectivity index (χ0n) is 12.3. The van der Waals surface area contributed by atoms with Gasteiger partial charge in [0, 0.05) is 24.5 Å². The van der Waals surface area contributed by atoms with Gasteiger partial charge >= 0.3 is 0 Å². The van der Waals surface area contributed by atoms with Gasteiger partial charge in [0.15, 0.2) is 0 Å². The van der Waals surface area contributed by atoms with E-state index in [2.05, 4.69) is 24.0 Å². The van der Waals surface area contributed by atoms with E-state index in [9.17, 15) is 0 Å². The monoisotopic (exact) mass is 259 g/mol. The van der Waals surface area contributed by atoms with Crippen LogP contribution in [0, 0.1) is 16.7 Å². The predicted molar refractivity (Wildman–Crippen MR) is 82.0 cm³/mol. The Labute approximate surface area is 117 Å². The number of nitrogens with two attached hydrogens (primary N) is 1. The maximum Gasteiger partial charge on any atom is 0.0683 e. The van der Waals surface area contributed by atoms with E-state index in [1.807, 2.05) is 32.0 Å². The molecule has 0 aliphatic carbocycles. The highest BCUT2D eigenvalue weighted by Crippen LogP contribution is 2.23. The lowest BCUT2D eigenvalue weighted by Crippen LogP contribution is -2.26. The van der Waals surface area contributed by atoms with Crippen molar-refractivity contribution < 1.29 is 0 Å². The van der Waals surface area contributed by atoms with Crippen LogP contribution in [-0.2, 0) is 0 Å². The van der Waals surface area contributed by atoms with Crippen LogP contribution in [0.15, 0.2) is 24.3 Å². The number of benzene rings is 1. The smallest absolute Gasteiger partial charge is 0.0683 e. The summed E-state index contributed by atoms with van der Waals surface area (Å²) < 4.78 is 0. The number of hydrogen-bond donors (Lipinski definition) is 1. The quantitative estimate of drug-likeness (QED) is 0.757. The standard InChI is InChI=1S/C16H25N3/c1-4-10-19(11-6-9-16(2,3)13-17)15-8-5-7-14(18)12-15/h5,7-8,12H,4,6,9-11,18H2,1-3H3. The molecule has 0 saturated carbocycles. The number of nitrogen functional groups attached to an aromatic ring is 1. The Hall–Kier alpha value is -1.69. The highest BCUT2D eigenvalue weighted by molar-refractivity contribution is 5.55. The van der Waals surface area contributed by atoms with Crippen LogP contribution < -0.4 is 10.6 Å². The first kappa shape index (κ1) is 15.4. The van der Waals surface area contributed by atoms with Crippen LogP contribution in [0.1, 0.15) is 40.0 Å². The fourth-order valence-corrected chi connectivity index (χ4v) is 2.13. The minimum atomic E-state index is -0.229. The summed E-state index contributed by atoms with van der Waals surface area (Å²) >= 11 is 0. The SMILES string of the molecule is CCCN(CCCC(C)(C)C#N)c1cccc(N)c1. The third-order valence-electron chi connectivity index (χ3n) is 3.26. The minimum Gasteiger partial charge on any atom is -0.399 e. The fourth-order valence-electron chi connectivity index (χ4n) is 2.13. The average molecular weight is 259 g/mol. The molecular weight excluding hydrogens is 234 g/mol. The maximum absolute atomic E-state index is 9.04. The zero-order valence-corrected chi connectivity index (χ0v) is 12.3. The Balaban J connectivity index is 2.62. The van der Waals surface area contributed by atoms with E-state index in [-0.39, 0.29) is 5.41 Å². The summed E-state index contributed by atoms with van der Waals surface area (Å²) in [5.41, 5.74) is 7.59. The molecule has 0 unspecified atom stereocenters. The highest BCUT2D eigenvalue weighted by atomic mass is 15.1. The van der Waals surface area contributed by atoms with Crippen LogP contribution in [-0.4, -0.2) is 13.1 Å². The number of hydrogen-bond acceptors (Lipinski definition) is 3. The lowest BCUT2D eigenvalue weighted by atomic mass is 9.90. The van der Waals surface area contributed by atoms with Crippen molar-refractivity contribution in [1.29, 1.82) is 5.26 Å². The molecule has 0 aromatic heterocycles. The zero-order chi connectivity index (χ0) is 14.3. The van der Waals surface area contributed by atoms with Crippen molar-refractivity contribution in [1.82, 2.24) is 0 Å². The van der Waals surface area contributed by atoms with Gasteiger partial charge in [0.1, 0.15) is 0 Å². The summed E-state index contributed by atoms with van der Waals surface area (Å²) in [5.74, 6) is 0. The molecule has 0 saturated heterocycles. The average Bonchev–Trinajstić information content (AvgIpc) is 2.37. The summed E-state index contributed by atoms with van der Waals surface area (Å²) in [7, 11) is 0. The molecule has 3 heteroatoms. The summed E-state index contributed by atoms with van der Waals surface area (Å²) in [6, 6.07) is 10.4. The lowest BCUT2D eigenvalue weighted by molar-refractivity contribution is 0.434. The third kappa shape index (κ3) is 5.21. The van der Waals surface area contributed by atoms with E-state index in [0.717, 1.165) is 38.0 Å². The minimum absolute atomic E-state index is 0.229.